The van der Waals surface area contributed by atoms with Crippen LogP contribution in [0.3, 0.4) is 0 Å². The number of hydrogen-bond donors (Lipinski definition) is 0. The second-order valence-electron chi connectivity index (χ2n) is 13.1. The maximum atomic E-state index is 9.88. The van der Waals surface area contributed by atoms with E-state index in [1.165, 1.54) is 0 Å². The average molecular weight is 710 g/mol. The van der Waals surface area contributed by atoms with Gasteiger partial charge in [0.05, 0.1) is 20.6 Å². The number of fused-ring (bicyclic) bond motifs is 3. The van der Waals surface area contributed by atoms with E-state index in [1.54, 1.807) is 28.8 Å². The highest BCUT2D eigenvalue weighted by molar-refractivity contribution is 6.10. The molecule has 0 bridgehead atoms. The van der Waals surface area contributed by atoms with Crippen LogP contribution in [-0.4, -0.2) is 19.5 Å². The third kappa shape index (κ3) is 6.16. The standard InChI is InChI=1S/C51H34N4/c1-5-15-35(16-6-1)37-25-27-39(28-26-37)50-52-49(38-19-9-3-10-20-38)53-51(54-50)43-32-41(36-17-7-2-8-18-36)31-42(33-43)40-29-30-48-46(34-40)45-23-13-14-24-47(45)55(48)44-21-11-4-12-22-44/h1-34H/i13D,14D,23D,24D,29D,30D,34D. The molecule has 4 nitrogen and oxygen atoms in total. The minimum Gasteiger partial charge on any atom is -0.309 e. The fraction of sp³-hybridized carbons (Fsp3) is 0. The molecule has 8 aromatic carbocycles. The third-order valence-electron chi connectivity index (χ3n) is 9.68. The molecule has 0 fully saturated rings. The van der Waals surface area contributed by atoms with Crippen molar-refractivity contribution in [3.05, 3.63) is 206 Å². The normalized spacial score (nSPS) is 13.1. The Morgan fingerprint density at radius 2 is 0.782 bits per heavy atom. The molecule has 0 aliphatic rings. The zero-order valence-electron chi connectivity index (χ0n) is 36.4. The lowest BCUT2D eigenvalue weighted by molar-refractivity contribution is 1.07. The first kappa shape index (κ1) is 25.5. The number of rotatable bonds is 7. The molecule has 0 aliphatic carbocycles. The Balaban J connectivity index is 1.24. The van der Waals surface area contributed by atoms with Crippen molar-refractivity contribution in [3.63, 3.8) is 0 Å². The summed E-state index contributed by atoms with van der Waals surface area (Å²) in [4.78, 5) is 15.0. The van der Waals surface area contributed by atoms with Crippen LogP contribution in [0.4, 0.5) is 0 Å². The highest BCUT2D eigenvalue weighted by Gasteiger charge is 2.17. The van der Waals surface area contributed by atoms with E-state index in [-0.39, 0.29) is 57.6 Å². The molecule has 0 amide bonds. The van der Waals surface area contributed by atoms with Crippen LogP contribution >= 0.6 is 0 Å². The van der Waals surface area contributed by atoms with Crippen LogP contribution in [0.2, 0.25) is 0 Å². The van der Waals surface area contributed by atoms with Crippen LogP contribution < -0.4 is 0 Å². The van der Waals surface area contributed by atoms with E-state index in [0.29, 0.717) is 34.3 Å². The second-order valence-corrected chi connectivity index (χ2v) is 13.1. The predicted octanol–water partition coefficient (Wildman–Crippen LogP) is 13.0. The van der Waals surface area contributed by atoms with Gasteiger partial charge in [-0.15, -0.1) is 0 Å². The summed E-state index contributed by atoms with van der Waals surface area (Å²) in [6.45, 7) is 0. The van der Waals surface area contributed by atoms with Crippen molar-refractivity contribution in [1.29, 1.82) is 0 Å². The SMILES string of the molecule is [2H]c1c([2H])c([2H])c2c(c1[2H])c1c([2H])c(-c3cc(-c4ccccc4)cc(-c4nc(-c5ccccc5)nc(-c5ccc(-c6ccccc6)cc5)n4)c3)c([2H])c([2H])c1n2-c1ccccc1. The lowest BCUT2D eigenvalue weighted by atomic mass is 9.95. The number of para-hydroxylation sites is 2. The van der Waals surface area contributed by atoms with Gasteiger partial charge in [0.2, 0.25) is 0 Å². The Hall–Kier alpha value is -7.43. The van der Waals surface area contributed by atoms with Gasteiger partial charge in [-0.3, -0.25) is 0 Å². The van der Waals surface area contributed by atoms with Crippen molar-refractivity contribution in [3.8, 4) is 73.2 Å². The molecule has 0 N–H and O–H groups in total. The molecule has 4 heteroatoms. The molecule has 0 radical (unpaired) electrons. The molecule has 55 heavy (non-hydrogen) atoms. The van der Waals surface area contributed by atoms with Crippen molar-refractivity contribution in [2.45, 2.75) is 0 Å². The summed E-state index contributed by atoms with van der Waals surface area (Å²) in [7, 11) is 0. The summed E-state index contributed by atoms with van der Waals surface area (Å²) in [5.74, 6) is 1.28. The zero-order valence-corrected chi connectivity index (χ0v) is 29.4. The van der Waals surface area contributed by atoms with Crippen LogP contribution in [0.5, 0.6) is 0 Å². The third-order valence-corrected chi connectivity index (χ3v) is 9.68. The largest absolute Gasteiger partial charge is 0.309 e. The van der Waals surface area contributed by atoms with Gasteiger partial charge in [0.1, 0.15) is 0 Å². The van der Waals surface area contributed by atoms with Crippen LogP contribution in [0.15, 0.2) is 206 Å². The van der Waals surface area contributed by atoms with E-state index < -0.39 is 12.1 Å². The lowest BCUT2D eigenvalue weighted by Gasteiger charge is -2.13. The van der Waals surface area contributed by atoms with Crippen molar-refractivity contribution < 1.29 is 9.60 Å². The van der Waals surface area contributed by atoms with Gasteiger partial charge in [0.15, 0.2) is 17.5 Å². The van der Waals surface area contributed by atoms with Crippen molar-refractivity contribution in [2.75, 3.05) is 0 Å². The predicted molar refractivity (Wildman–Crippen MR) is 227 cm³/mol. The van der Waals surface area contributed by atoms with Gasteiger partial charge in [0.25, 0.3) is 0 Å². The summed E-state index contributed by atoms with van der Waals surface area (Å²) in [5.41, 5.74) is 7.35. The quantitative estimate of drug-likeness (QED) is 0.165. The second kappa shape index (κ2) is 13.8. The molecule has 2 heterocycles. The first-order valence-electron chi connectivity index (χ1n) is 21.5. The van der Waals surface area contributed by atoms with Gasteiger partial charge >= 0.3 is 0 Å². The topological polar surface area (TPSA) is 43.6 Å². The van der Waals surface area contributed by atoms with Gasteiger partial charge in [-0.1, -0.05) is 158 Å². The molecule has 0 spiro atoms. The molecular weight excluding hydrogens is 669 g/mol. The van der Waals surface area contributed by atoms with Crippen LogP contribution in [0, 0.1) is 0 Å². The van der Waals surface area contributed by atoms with Crippen molar-refractivity contribution >= 4 is 21.8 Å². The maximum absolute atomic E-state index is 9.88. The Bertz CT molecular complexity index is 3340. The molecular formula is C51H34N4. The molecule has 258 valence electrons. The van der Waals surface area contributed by atoms with E-state index in [9.17, 15) is 4.11 Å². The summed E-state index contributed by atoms with van der Waals surface area (Å²) < 4.78 is 65.9. The summed E-state index contributed by atoms with van der Waals surface area (Å²) in [6, 6.07) is 50.2. The summed E-state index contributed by atoms with van der Waals surface area (Å²) in [6.07, 6.45) is 0. The van der Waals surface area contributed by atoms with E-state index in [4.69, 9.17) is 20.4 Å². The molecule has 0 unspecified atom stereocenters. The molecule has 10 rings (SSSR count). The first-order chi connectivity index (χ1) is 30.2. The van der Waals surface area contributed by atoms with Crippen LogP contribution in [0.25, 0.3) is 95.0 Å². The van der Waals surface area contributed by atoms with E-state index >= 15 is 0 Å². The van der Waals surface area contributed by atoms with E-state index in [2.05, 4.69) is 12.1 Å². The zero-order chi connectivity index (χ0) is 42.6. The molecule has 0 saturated heterocycles. The minimum absolute atomic E-state index is 0.113. The van der Waals surface area contributed by atoms with Crippen molar-refractivity contribution in [1.82, 2.24) is 19.5 Å². The van der Waals surface area contributed by atoms with Gasteiger partial charge in [-0.05, 0) is 81.8 Å². The fourth-order valence-electron chi connectivity index (χ4n) is 6.99. The number of hydrogen-bond acceptors (Lipinski definition) is 3. The number of nitrogens with zero attached hydrogens (tertiary/aromatic N) is 4. The monoisotopic (exact) mass is 709 g/mol. The summed E-state index contributed by atoms with van der Waals surface area (Å²) in [5, 5.41) is 0.271. The first-order valence-corrected chi connectivity index (χ1v) is 18.0. The van der Waals surface area contributed by atoms with E-state index in [0.717, 1.165) is 33.4 Å². The Morgan fingerprint density at radius 3 is 1.42 bits per heavy atom. The Kier molecular flexibility index (Phi) is 6.43. The maximum Gasteiger partial charge on any atom is 0.164 e. The average Bonchev–Trinajstić information content (AvgIpc) is 3.70. The Labute approximate surface area is 329 Å². The van der Waals surface area contributed by atoms with Crippen LogP contribution in [0.1, 0.15) is 9.60 Å². The highest BCUT2D eigenvalue weighted by Crippen LogP contribution is 2.38. The smallest absolute Gasteiger partial charge is 0.164 e. The Morgan fingerprint density at radius 1 is 0.345 bits per heavy atom. The highest BCUT2D eigenvalue weighted by atomic mass is 15.0. The summed E-state index contributed by atoms with van der Waals surface area (Å²) >= 11 is 0. The molecule has 0 saturated carbocycles. The molecule has 2 aromatic heterocycles. The van der Waals surface area contributed by atoms with Gasteiger partial charge in [-0.2, -0.15) is 0 Å². The molecule has 10 aromatic rings. The van der Waals surface area contributed by atoms with E-state index in [1.807, 2.05) is 127 Å². The number of aromatic nitrogens is 4. The fourth-order valence-corrected chi connectivity index (χ4v) is 6.99. The van der Waals surface area contributed by atoms with Gasteiger partial charge < -0.3 is 4.57 Å². The lowest BCUT2D eigenvalue weighted by Crippen LogP contribution is -2.00. The van der Waals surface area contributed by atoms with Crippen LogP contribution in [-0.2, 0) is 0 Å². The molecule has 0 aliphatic heterocycles. The molecule has 0 atom stereocenters. The van der Waals surface area contributed by atoms with Gasteiger partial charge in [0, 0.05) is 33.2 Å². The van der Waals surface area contributed by atoms with Gasteiger partial charge in [-0.25, -0.2) is 15.0 Å². The number of benzene rings is 8. The minimum atomic E-state index is -0.444. The van der Waals surface area contributed by atoms with Crippen molar-refractivity contribution in [2.24, 2.45) is 0 Å².